The van der Waals surface area contributed by atoms with Crippen LogP contribution >= 0.6 is 0 Å². The summed E-state index contributed by atoms with van der Waals surface area (Å²) in [6.07, 6.45) is 3.40. The highest BCUT2D eigenvalue weighted by molar-refractivity contribution is 5.81. The van der Waals surface area contributed by atoms with Crippen molar-refractivity contribution in [3.8, 4) is 0 Å². The molecule has 0 bridgehead atoms. The second-order valence-corrected chi connectivity index (χ2v) is 8.49. The molecule has 2 heterocycles. The molecule has 5 heteroatoms. The van der Waals surface area contributed by atoms with Crippen LogP contribution in [0.1, 0.15) is 65.7 Å². The van der Waals surface area contributed by atoms with Crippen LogP contribution in [-0.2, 0) is 6.54 Å². The molecule has 1 aliphatic rings. The molecule has 0 radical (unpaired) electrons. The second kappa shape index (κ2) is 9.08. The van der Waals surface area contributed by atoms with Crippen molar-refractivity contribution >= 4 is 16.6 Å². The fourth-order valence-electron chi connectivity index (χ4n) is 4.83. The smallest absolute Gasteiger partial charge is 0.261 e. The van der Waals surface area contributed by atoms with Gasteiger partial charge in [0.05, 0.1) is 16.9 Å². The van der Waals surface area contributed by atoms with Crippen molar-refractivity contribution in [1.82, 2.24) is 14.5 Å². The lowest BCUT2D eigenvalue weighted by Crippen LogP contribution is -2.43. The number of anilines is 1. The van der Waals surface area contributed by atoms with Gasteiger partial charge in [-0.2, -0.15) is 0 Å². The molecule has 1 saturated heterocycles. The zero-order chi connectivity index (χ0) is 20.3. The predicted octanol–water partition coefficient (Wildman–Crippen LogP) is 4.67. The van der Waals surface area contributed by atoms with E-state index in [0.29, 0.717) is 23.8 Å². The summed E-state index contributed by atoms with van der Waals surface area (Å²) in [5, 5.41) is 4.05. The van der Waals surface area contributed by atoms with Gasteiger partial charge in [-0.3, -0.25) is 14.3 Å². The summed E-state index contributed by atoms with van der Waals surface area (Å²) in [4.78, 5) is 20.9. The Morgan fingerprint density at radius 3 is 2.50 bits per heavy atom. The van der Waals surface area contributed by atoms with E-state index >= 15 is 0 Å². The van der Waals surface area contributed by atoms with E-state index in [4.69, 9.17) is 4.98 Å². The number of hydrogen-bond donors (Lipinski definition) is 1. The van der Waals surface area contributed by atoms with Gasteiger partial charge < -0.3 is 5.32 Å². The molecule has 1 aliphatic heterocycles. The number of nitrogens with zero attached hydrogens (tertiary/aromatic N) is 3. The molecule has 2 aromatic rings. The summed E-state index contributed by atoms with van der Waals surface area (Å²) in [6.45, 7) is 14.7. The maximum Gasteiger partial charge on any atom is 0.261 e. The molecule has 3 atom stereocenters. The monoisotopic (exact) mass is 384 g/mol. The third kappa shape index (κ3) is 4.24. The summed E-state index contributed by atoms with van der Waals surface area (Å²) in [7, 11) is 0. The average Bonchev–Trinajstić information content (AvgIpc) is 2.65. The molecule has 28 heavy (non-hydrogen) atoms. The van der Waals surface area contributed by atoms with E-state index in [2.05, 4.69) is 44.8 Å². The van der Waals surface area contributed by atoms with Crippen LogP contribution in [0.4, 0.5) is 5.69 Å². The Morgan fingerprint density at radius 1 is 1.18 bits per heavy atom. The molecule has 5 nitrogen and oxygen atoms in total. The van der Waals surface area contributed by atoms with E-state index < -0.39 is 0 Å². The summed E-state index contributed by atoms with van der Waals surface area (Å²) < 4.78 is 1.90. The molecule has 0 spiro atoms. The van der Waals surface area contributed by atoms with E-state index in [-0.39, 0.29) is 11.6 Å². The predicted molar refractivity (Wildman–Crippen MR) is 118 cm³/mol. The third-order valence-corrected chi connectivity index (χ3v) is 5.88. The van der Waals surface area contributed by atoms with E-state index in [9.17, 15) is 4.79 Å². The Morgan fingerprint density at radius 2 is 1.89 bits per heavy atom. The van der Waals surface area contributed by atoms with Gasteiger partial charge in [0.1, 0.15) is 5.82 Å². The van der Waals surface area contributed by atoms with Crippen molar-refractivity contribution in [2.45, 2.75) is 66.5 Å². The Balaban J connectivity index is 2.12. The molecular weight excluding hydrogens is 348 g/mol. The summed E-state index contributed by atoms with van der Waals surface area (Å²) in [6, 6.07) is 6.12. The van der Waals surface area contributed by atoms with Crippen LogP contribution < -0.4 is 10.9 Å². The normalized spacial score (nSPS) is 21.8. The molecule has 0 aliphatic carbocycles. The van der Waals surface area contributed by atoms with Crippen LogP contribution in [-0.4, -0.2) is 34.1 Å². The van der Waals surface area contributed by atoms with Gasteiger partial charge in [-0.25, -0.2) is 4.98 Å². The highest BCUT2D eigenvalue weighted by atomic mass is 16.1. The number of benzene rings is 1. The van der Waals surface area contributed by atoms with Gasteiger partial charge in [-0.15, -0.1) is 0 Å². The standard InChI is InChI=1S/C23H36N4O/c1-6-9-21(26-14-16(4)12-17(5)15-26)22-25-20-13-18(24-7-2)10-11-19(20)23(28)27(22)8-3/h10-11,13,16-17,21,24H,6-9,12,14-15H2,1-5H3/t16-,17+,21?. The molecule has 154 valence electrons. The fraction of sp³-hybridized carbons (Fsp3) is 0.652. The second-order valence-electron chi connectivity index (χ2n) is 8.49. The Bertz CT molecular complexity index is 850. The first kappa shape index (κ1) is 20.8. The van der Waals surface area contributed by atoms with Gasteiger partial charge in [-0.1, -0.05) is 27.2 Å². The summed E-state index contributed by atoms with van der Waals surface area (Å²) >= 11 is 0. The number of fused-ring (bicyclic) bond motifs is 1. The van der Waals surface area contributed by atoms with Crippen LogP contribution in [0.25, 0.3) is 10.9 Å². The molecule has 1 aromatic carbocycles. The molecule has 3 rings (SSSR count). The third-order valence-electron chi connectivity index (χ3n) is 5.88. The zero-order valence-corrected chi connectivity index (χ0v) is 18.2. The molecule has 1 N–H and O–H groups in total. The first-order valence-electron chi connectivity index (χ1n) is 11.0. The summed E-state index contributed by atoms with van der Waals surface area (Å²) in [5.74, 6) is 2.31. The number of piperidine rings is 1. The van der Waals surface area contributed by atoms with Gasteiger partial charge in [-0.05, 0) is 56.7 Å². The quantitative estimate of drug-likeness (QED) is 0.754. The number of nitrogens with one attached hydrogen (secondary N) is 1. The number of rotatable bonds is 7. The van der Waals surface area contributed by atoms with Gasteiger partial charge in [0.15, 0.2) is 0 Å². The maximum atomic E-state index is 13.3. The van der Waals surface area contributed by atoms with Gasteiger partial charge in [0.2, 0.25) is 0 Å². The number of hydrogen-bond acceptors (Lipinski definition) is 4. The minimum atomic E-state index is 0.0877. The lowest BCUT2D eigenvalue weighted by molar-refractivity contribution is 0.0836. The number of aromatic nitrogens is 2. The molecule has 0 saturated carbocycles. The topological polar surface area (TPSA) is 50.2 Å². The molecule has 1 aromatic heterocycles. The average molecular weight is 385 g/mol. The first-order valence-corrected chi connectivity index (χ1v) is 11.0. The molecule has 1 unspecified atom stereocenters. The van der Waals surface area contributed by atoms with Crippen LogP contribution in [0.5, 0.6) is 0 Å². The van der Waals surface area contributed by atoms with Crippen molar-refractivity contribution in [3.63, 3.8) is 0 Å². The van der Waals surface area contributed by atoms with Crippen LogP contribution in [0.3, 0.4) is 0 Å². The molecular formula is C23H36N4O. The Labute approximate surface area is 169 Å². The van der Waals surface area contributed by atoms with E-state index in [1.807, 2.05) is 22.8 Å². The van der Waals surface area contributed by atoms with E-state index in [0.717, 1.165) is 49.5 Å². The van der Waals surface area contributed by atoms with Gasteiger partial charge in [0, 0.05) is 31.9 Å². The Kier molecular flexibility index (Phi) is 6.76. The largest absolute Gasteiger partial charge is 0.385 e. The number of likely N-dealkylation sites (tertiary alicyclic amines) is 1. The van der Waals surface area contributed by atoms with Crippen LogP contribution in [0, 0.1) is 11.8 Å². The molecule has 1 fully saturated rings. The van der Waals surface area contributed by atoms with Crippen molar-refractivity contribution < 1.29 is 0 Å². The zero-order valence-electron chi connectivity index (χ0n) is 18.2. The van der Waals surface area contributed by atoms with E-state index in [1.54, 1.807) is 0 Å². The first-order chi connectivity index (χ1) is 13.5. The van der Waals surface area contributed by atoms with E-state index in [1.165, 1.54) is 6.42 Å². The lowest BCUT2D eigenvalue weighted by Gasteiger charge is -2.40. The van der Waals surface area contributed by atoms with Crippen molar-refractivity contribution in [2.24, 2.45) is 11.8 Å². The van der Waals surface area contributed by atoms with Gasteiger partial charge >= 0.3 is 0 Å². The fourth-order valence-corrected chi connectivity index (χ4v) is 4.83. The van der Waals surface area contributed by atoms with Crippen LogP contribution in [0.2, 0.25) is 0 Å². The van der Waals surface area contributed by atoms with Crippen molar-refractivity contribution in [1.29, 1.82) is 0 Å². The van der Waals surface area contributed by atoms with Crippen LogP contribution in [0.15, 0.2) is 23.0 Å². The lowest BCUT2D eigenvalue weighted by atomic mass is 9.90. The maximum absolute atomic E-state index is 13.3. The SMILES string of the molecule is CCCC(c1nc2cc(NCC)ccc2c(=O)n1CC)N1C[C@H](C)C[C@H](C)C1. The van der Waals surface area contributed by atoms with Gasteiger partial charge in [0.25, 0.3) is 5.56 Å². The highest BCUT2D eigenvalue weighted by Crippen LogP contribution is 2.32. The Hall–Kier alpha value is -1.88. The van der Waals surface area contributed by atoms with Crippen molar-refractivity contribution in [3.05, 3.63) is 34.4 Å². The van der Waals surface area contributed by atoms with Crippen molar-refractivity contribution in [2.75, 3.05) is 25.0 Å². The minimum Gasteiger partial charge on any atom is -0.385 e. The molecule has 0 amide bonds. The minimum absolute atomic E-state index is 0.0877. The summed E-state index contributed by atoms with van der Waals surface area (Å²) in [5.41, 5.74) is 1.92. The highest BCUT2D eigenvalue weighted by Gasteiger charge is 2.30.